The van der Waals surface area contributed by atoms with Crippen molar-refractivity contribution >= 4 is 0 Å². The van der Waals surface area contributed by atoms with Gasteiger partial charge in [-0.25, -0.2) is 13.2 Å². The first-order valence-electron chi connectivity index (χ1n) is 6.14. The predicted molar refractivity (Wildman–Crippen MR) is 69.4 cm³/mol. The van der Waals surface area contributed by atoms with Gasteiger partial charge >= 0.3 is 0 Å². The van der Waals surface area contributed by atoms with Crippen molar-refractivity contribution < 1.29 is 18.3 Å². The maximum atomic E-state index is 13.5. The molecule has 0 aromatic heterocycles. The Morgan fingerprint density at radius 1 is 0.950 bits per heavy atom. The summed E-state index contributed by atoms with van der Waals surface area (Å²) in [6.45, 7) is -0.196. The van der Waals surface area contributed by atoms with E-state index in [-0.39, 0.29) is 18.7 Å². The van der Waals surface area contributed by atoms with Crippen LogP contribution in [0.2, 0.25) is 0 Å². The van der Waals surface area contributed by atoms with Crippen LogP contribution < -0.4 is 5.32 Å². The minimum absolute atomic E-state index is 0.0108. The van der Waals surface area contributed by atoms with Crippen LogP contribution in [0.1, 0.15) is 17.2 Å². The van der Waals surface area contributed by atoms with Gasteiger partial charge in [-0.3, -0.25) is 0 Å². The summed E-state index contributed by atoms with van der Waals surface area (Å²) in [7, 11) is 0. The summed E-state index contributed by atoms with van der Waals surface area (Å²) in [5.74, 6) is -3.13. The second-order valence-electron chi connectivity index (χ2n) is 4.38. The minimum atomic E-state index is -1.21. The van der Waals surface area contributed by atoms with Crippen LogP contribution in [-0.4, -0.2) is 11.7 Å². The zero-order valence-electron chi connectivity index (χ0n) is 10.6. The van der Waals surface area contributed by atoms with Crippen molar-refractivity contribution in [2.45, 2.75) is 12.6 Å². The molecular weight excluding hydrogens is 267 g/mol. The summed E-state index contributed by atoms with van der Waals surface area (Å²) in [6.07, 6.45) is 0. The van der Waals surface area contributed by atoms with Gasteiger partial charge in [-0.1, -0.05) is 30.3 Å². The zero-order valence-corrected chi connectivity index (χ0v) is 10.6. The van der Waals surface area contributed by atoms with Crippen LogP contribution in [0, 0.1) is 17.5 Å². The van der Waals surface area contributed by atoms with Gasteiger partial charge in [0, 0.05) is 18.2 Å². The lowest BCUT2D eigenvalue weighted by atomic mass is 10.1. The van der Waals surface area contributed by atoms with E-state index in [0.717, 1.165) is 11.6 Å². The van der Waals surface area contributed by atoms with E-state index in [1.807, 2.05) is 30.3 Å². The third kappa shape index (κ3) is 3.37. The molecule has 0 saturated heterocycles. The Kier molecular flexibility index (Phi) is 4.76. The zero-order chi connectivity index (χ0) is 14.5. The Morgan fingerprint density at radius 3 is 2.25 bits per heavy atom. The maximum Gasteiger partial charge on any atom is 0.161 e. The number of hydrogen-bond donors (Lipinski definition) is 2. The minimum Gasteiger partial charge on any atom is -0.394 e. The summed E-state index contributed by atoms with van der Waals surface area (Å²) >= 11 is 0. The van der Waals surface area contributed by atoms with Gasteiger partial charge in [0.1, 0.15) is 5.82 Å². The average molecular weight is 281 g/mol. The molecule has 2 aromatic carbocycles. The number of aliphatic hydroxyl groups excluding tert-OH is 1. The first kappa shape index (κ1) is 14.6. The fraction of sp³-hybridized carbons (Fsp3) is 0.200. The Labute approximate surface area is 114 Å². The van der Waals surface area contributed by atoms with E-state index in [1.165, 1.54) is 0 Å². The van der Waals surface area contributed by atoms with Gasteiger partial charge in [0.15, 0.2) is 11.6 Å². The second kappa shape index (κ2) is 6.54. The molecule has 0 spiro atoms. The van der Waals surface area contributed by atoms with Crippen LogP contribution in [0.4, 0.5) is 13.2 Å². The van der Waals surface area contributed by atoms with Gasteiger partial charge in [0.25, 0.3) is 0 Å². The number of benzene rings is 2. The van der Waals surface area contributed by atoms with Crippen LogP contribution in [-0.2, 0) is 6.54 Å². The summed E-state index contributed by atoms with van der Waals surface area (Å²) in [5, 5.41) is 12.2. The molecule has 0 radical (unpaired) electrons. The van der Waals surface area contributed by atoms with Crippen molar-refractivity contribution in [3.8, 4) is 0 Å². The topological polar surface area (TPSA) is 32.3 Å². The highest BCUT2D eigenvalue weighted by atomic mass is 19.2. The highest BCUT2D eigenvalue weighted by molar-refractivity contribution is 5.22. The number of halogens is 3. The number of rotatable bonds is 5. The average Bonchev–Trinajstić information content (AvgIpc) is 2.46. The first-order valence-corrected chi connectivity index (χ1v) is 6.14. The van der Waals surface area contributed by atoms with Crippen molar-refractivity contribution in [3.05, 3.63) is 71.0 Å². The summed E-state index contributed by atoms with van der Waals surface area (Å²) in [6, 6.07) is 10.0. The van der Waals surface area contributed by atoms with Crippen molar-refractivity contribution in [2.75, 3.05) is 6.61 Å². The number of nitrogens with one attached hydrogen (secondary N) is 1. The Hall–Kier alpha value is -1.85. The normalized spacial score (nSPS) is 12.4. The van der Waals surface area contributed by atoms with Crippen LogP contribution in [0.25, 0.3) is 0 Å². The summed E-state index contributed by atoms with van der Waals surface area (Å²) in [5.41, 5.74) is 0.844. The third-order valence-corrected chi connectivity index (χ3v) is 3.01. The molecule has 0 aliphatic carbocycles. The highest BCUT2D eigenvalue weighted by Crippen LogP contribution is 2.16. The van der Waals surface area contributed by atoms with E-state index in [9.17, 15) is 18.3 Å². The fourth-order valence-electron chi connectivity index (χ4n) is 1.91. The Bertz CT molecular complexity index is 575. The first-order chi connectivity index (χ1) is 9.61. The van der Waals surface area contributed by atoms with E-state index < -0.39 is 23.5 Å². The molecule has 1 unspecified atom stereocenters. The molecule has 0 saturated carbocycles. The van der Waals surface area contributed by atoms with Crippen LogP contribution in [0.15, 0.2) is 42.5 Å². The third-order valence-electron chi connectivity index (χ3n) is 3.01. The van der Waals surface area contributed by atoms with E-state index in [4.69, 9.17) is 0 Å². The predicted octanol–water partition coefficient (Wildman–Crippen LogP) is 2.93. The van der Waals surface area contributed by atoms with E-state index in [0.29, 0.717) is 6.07 Å². The monoisotopic (exact) mass is 281 g/mol. The Balaban J connectivity index is 2.09. The van der Waals surface area contributed by atoms with Crippen molar-refractivity contribution in [1.29, 1.82) is 0 Å². The van der Waals surface area contributed by atoms with E-state index in [2.05, 4.69) is 5.32 Å². The molecule has 20 heavy (non-hydrogen) atoms. The Morgan fingerprint density at radius 2 is 1.60 bits per heavy atom. The lowest BCUT2D eigenvalue weighted by Crippen LogP contribution is -2.24. The van der Waals surface area contributed by atoms with Crippen molar-refractivity contribution in [1.82, 2.24) is 5.32 Å². The second-order valence-corrected chi connectivity index (χ2v) is 4.38. The molecule has 106 valence electrons. The van der Waals surface area contributed by atoms with E-state index in [1.54, 1.807) is 0 Å². The lowest BCUT2D eigenvalue weighted by Gasteiger charge is -2.17. The molecule has 2 aromatic rings. The van der Waals surface area contributed by atoms with Crippen molar-refractivity contribution in [2.24, 2.45) is 0 Å². The van der Waals surface area contributed by atoms with Crippen LogP contribution >= 0.6 is 0 Å². The maximum absolute atomic E-state index is 13.5. The molecule has 2 N–H and O–H groups in total. The van der Waals surface area contributed by atoms with Gasteiger partial charge in [-0.2, -0.15) is 0 Å². The van der Waals surface area contributed by atoms with Crippen LogP contribution in [0.5, 0.6) is 0 Å². The quantitative estimate of drug-likeness (QED) is 0.826. The van der Waals surface area contributed by atoms with E-state index >= 15 is 0 Å². The molecule has 2 rings (SSSR count). The van der Waals surface area contributed by atoms with Gasteiger partial charge in [-0.15, -0.1) is 0 Å². The molecule has 5 heteroatoms. The highest BCUT2D eigenvalue weighted by Gasteiger charge is 2.13. The molecule has 1 atom stereocenters. The van der Waals surface area contributed by atoms with Gasteiger partial charge in [-0.05, 0) is 11.6 Å². The number of aliphatic hydroxyl groups is 1. The fourth-order valence-corrected chi connectivity index (χ4v) is 1.91. The molecule has 0 heterocycles. The van der Waals surface area contributed by atoms with Gasteiger partial charge < -0.3 is 10.4 Å². The summed E-state index contributed by atoms with van der Waals surface area (Å²) in [4.78, 5) is 0. The van der Waals surface area contributed by atoms with Gasteiger partial charge in [0.05, 0.1) is 12.6 Å². The largest absolute Gasteiger partial charge is 0.394 e. The smallest absolute Gasteiger partial charge is 0.161 e. The van der Waals surface area contributed by atoms with Gasteiger partial charge in [0.2, 0.25) is 0 Å². The molecule has 0 fully saturated rings. The summed E-state index contributed by atoms with van der Waals surface area (Å²) < 4.78 is 39.4. The standard InChI is InChI=1S/C15H14F3NO/c16-12-7-14(18)13(17)6-11(12)8-19-15(9-20)10-4-2-1-3-5-10/h1-7,15,19-20H,8-9H2. The van der Waals surface area contributed by atoms with Crippen LogP contribution in [0.3, 0.4) is 0 Å². The molecule has 0 bridgehead atoms. The SMILES string of the molecule is OCC(NCc1cc(F)c(F)cc1F)c1ccccc1. The lowest BCUT2D eigenvalue weighted by molar-refractivity contribution is 0.243. The molecule has 0 amide bonds. The molecule has 2 nitrogen and oxygen atoms in total. The number of hydrogen-bond acceptors (Lipinski definition) is 2. The molecular formula is C15H14F3NO. The molecule has 0 aliphatic heterocycles. The molecule has 0 aliphatic rings. The van der Waals surface area contributed by atoms with Crippen molar-refractivity contribution in [3.63, 3.8) is 0 Å².